The third kappa shape index (κ3) is 5.05. The van der Waals surface area contributed by atoms with Gasteiger partial charge in [0.2, 0.25) is 10.0 Å². The third-order valence-electron chi connectivity index (χ3n) is 3.61. The Morgan fingerprint density at radius 1 is 0.962 bits per heavy atom. The van der Waals surface area contributed by atoms with Crippen molar-refractivity contribution in [2.45, 2.75) is 11.3 Å². The van der Waals surface area contributed by atoms with Gasteiger partial charge in [-0.2, -0.15) is 0 Å². The number of sulfonamides is 1. The summed E-state index contributed by atoms with van der Waals surface area (Å²) in [6, 6.07) is 16.9. The predicted octanol–water partition coefficient (Wildman–Crippen LogP) is 4.05. The van der Waals surface area contributed by atoms with Crippen molar-refractivity contribution in [3.63, 3.8) is 0 Å². The van der Waals surface area contributed by atoms with Crippen LogP contribution < -0.4 is 9.46 Å². The monoisotopic (exact) mass is 388 g/mol. The Hall–Kier alpha value is -2.41. The van der Waals surface area contributed by atoms with Gasteiger partial charge in [0.1, 0.15) is 11.5 Å². The van der Waals surface area contributed by atoms with Gasteiger partial charge in [0, 0.05) is 24.0 Å². The molecule has 0 fully saturated rings. The molecular weight excluding hydrogens is 372 g/mol. The van der Waals surface area contributed by atoms with Crippen molar-refractivity contribution in [3.8, 4) is 11.5 Å². The van der Waals surface area contributed by atoms with Crippen LogP contribution in [0.4, 0.5) is 0 Å². The van der Waals surface area contributed by atoms with Gasteiger partial charge >= 0.3 is 0 Å². The molecule has 2 aromatic carbocycles. The van der Waals surface area contributed by atoms with Crippen LogP contribution in [0.5, 0.6) is 11.5 Å². The summed E-state index contributed by atoms with van der Waals surface area (Å²) in [5.41, 5.74) is 0.974. The zero-order chi connectivity index (χ0) is 18.4. The minimum absolute atomic E-state index is 0.187. The Morgan fingerprint density at radius 3 is 2.23 bits per heavy atom. The number of aromatic nitrogens is 1. The van der Waals surface area contributed by atoms with E-state index in [-0.39, 0.29) is 4.90 Å². The van der Waals surface area contributed by atoms with Gasteiger partial charge < -0.3 is 4.74 Å². The molecule has 1 N–H and O–H groups in total. The van der Waals surface area contributed by atoms with Gasteiger partial charge in [-0.3, -0.25) is 4.98 Å². The van der Waals surface area contributed by atoms with Crippen LogP contribution in [0.15, 0.2) is 78.0 Å². The Balaban J connectivity index is 1.60. The second kappa shape index (κ2) is 8.31. The Labute approximate surface area is 157 Å². The van der Waals surface area contributed by atoms with Crippen molar-refractivity contribution in [3.05, 3.63) is 83.6 Å². The highest BCUT2D eigenvalue weighted by Gasteiger charge is 2.13. The van der Waals surface area contributed by atoms with E-state index in [0.29, 0.717) is 29.5 Å². The summed E-state index contributed by atoms with van der Waals surface area (Å²) in [6.45, 7) is 0.303. The van der Waals surface area contributed by atoms with E-state index >= 15 is 0 Å². The lowest BCUT2D eigenvalue weighted by Crippen LogP contribution is -2.25. The van der Waals surface area contributed by atoms with Gasteiger partial charge in [-0.15, -0.1) is 0 Å². The molecule has 0 saturated carbocycles. The Bertz CT molecular complexity index is 944. The number of halogens is 1. The fraction of sp³-hybridized carbons (Fsp3) is 0.105. The molecule has 7 heteroatoms. The van der Waals surface area contributed by atoms with Crippen LogP contribution in [0.25, 0.3) is 0 Å². The molecule has 1 heterocycles. The van der Waals surface area contributed by atoms with Crippen molar-refractivity contribution in [1.29, 1.82) is 0 Å². The van der Waals surface area contributed by atoms with Crippen molar-refractivity contribution >= 4 is 21.6 Å². The molecule has 26 heavy (non-hydrogen) atoms. The number of nitrogens with zero attached hydrogens (tertiary/aromatic N) is 1. The highest BCUT2D eigenvalue weighted by Crippen LogP contribution is 2.24. The number of pyridine rings is 1. The molecule has 0 amide bonds. The van der Waals surface area contributed by atoms with Crippen LogP contribution in [0, 0.1) is 0 Å². The molecular formula is C19H17ClN2O3S. The molecule has 0 aliphatic carbocycles. The SMILES string of the molecule is O=S(=O)(NCCc1cccnc1)c1ccc(Oc2ccc(Cl)cc2)cc1. The van der Waals surface area contributed by atoms with Crippen LogP contribution in [0.2, 0.25) is 5.02 Å². The molecule has 1 aromatic heterocycles. The molecule has 0 radical (unpaired) electrons. The van der Waals surface area contributed by atoms with Crippen LogP contribution >= 0.6 is 11.6 Å². The van der Waals surface area contributed by atoms with Crippen molar-refractivity contribution in [2.75, 3.05) is 6.54 Å². The smallest absolute Gasteiger partial charge is 0.240 e. The average molecular weight is 389 g/mol. The van der Waals surface area contributed by atoms with Crippen LogP contribution in [0.3, 0.4) is 0 Å². The highest BCUT2D eigenvalue weighted by molar-refractivity contribution is 7.89. The fourth-order valence-electron chi connectivity index (χ4n) is 2.28. The maximum atomic E-state index is 12.3. The second-order valence-corrected chi connectivity index (χ2v) is 7.74. The zero-order valence-electron chi connectivity index (χ0n) is 13.8. The number of hydrogen-bond donors (Lipinski definition) is 1. The lowest BCUT2D eigenvalue weighted by atomic mass is 10.2. The molecule has 0 aliphatic heterocycles. The van der Waals surface area contributed by atoms with E-state index in [9.17, 15) is 8.42 Å². The van der Waals surface area contributed by atoms with E-state index < -0.39 is 10.0 Å². The van der Waals surface area contributed by atoms with Gasteiger partial charge in [0.05, 0.1) is 4.90 Å². The second-order valence-electron chi connectivity index (χ2n) is 5.54. The van der Waals surface area contributed by atoms with E-state index in [0.717, 1.165) is 5.56 Å². The molecule has 0 spiro atoms. The first kappa shape index (κ1) is 18.4. The summed E-state index contributed by atoms with van der Waals surface area (Å²) >= 11 is 5.83. The molecule has 0 unspecified atom stereocenters. The van der Waals surface area contributed by atoms with Gasteiger partial charge in [-0.1, -0.05) is 17.7 Å². The number of hydrogen-bond acceptors (Lipinski definition) is 4. The van der Waals surface area contributed by atoms with E-state index in [1.165, 1.54) is 12.1 Å². The number of ether oxygens (including phenoxy) is 1. The summed E-state index contributed by atoms with van der Waals surface area (Å²) in [5.74, 6) is 1.17. The lowest BCUT2D eigenvalue weighted by molar-refractivity contribution is 0.482. The van der Waals surface area contributed by atoms with E-state index in [1.54, 1.807) is 48.8 Å². The molecule has 3 aromatic rings. The maximum Gasteiger partial charge on any atom is 0.240 e. The summed E-state index contributed by atoms with van der Waals surface area (Å²) in [4.78, 5) is 4.20. The van der Waals surface area contributed by atoms with E-state index in [1.807, 2.05) is 12.1 Å². The molecule has 134 valence electrons. The topological polar surface area (TPSA) is 68.3 Å². The van der Waals surface area contributed by atoms with Crippen LogP contribution in [-0.4, -0.2) is 19.9 Å². The third-order valence-corrected chi connectivity index (χ3v) is 5.34. The normalized spacial score (nSPS) is 11.3. The summed E-state index contributed by atoms with van der Waals surface area (Å²) < 4.78 is 32.9. The average Bonchev–Trinajstić information content (AvgIpc) is 2.65. The van der Waals surface area contributed by atoms with Crippen LogP contribution in [0.1, 0.15) is 5.56 Å². The minimum Gasteiger partial charge on any atom is -0.457 e. The lowest BCUT2D eigenvalue weighted by Gasteiger charge is -2.09. The molecule has 0 saturated heterocycles. The largest absolute Gasteiger partial charge is 0.457 e. The molecule has 0 atom stereocenters. The van der Waals surface area contributed by atoms with Gasteiger partial charge in [0.15, 0.2) is 0 Å². The van der Waals surface area contributed by atoms with Crippen molar-refractivity contribution < 1.29 is 13.2 Å². The Morgan fingerprint density at radius 2 is 1.62 bits per heavy atom. The number of nitrogens with one attached hydrogen (secondary N) is 1. The first-order valence-electron chi connectivity index (χ1n) is 7.95. The summed E-state index contributed by atoms with van der Waals surface area (Å²) in [7, 11) is -3.57. The molecule has 0 bridgehead atoms. The first-order valence-corrected chi connectivity index (χ1v) is 9.81. The maximum absolute atomic E-state index is 12.3. The number of rotatable bonds is 7. The van der Waals surface area contributed by atoms with Crippen molar-refractivity contribution in [1.82, 2.24) is 9.71 Å². The summed E-state index contributed by atoms with van der Waals surface area (Å²) in [6.07, 6.45) is 3.98. The van der Waals surface area contributed by atoms with Gasteiger partial charge in [-0.25, -0.2) is 13.1 Å². The highest BCUT2D eigenvalue weighted by atomic mass is 35.5. The number of benzene rings is 2. The van der Waals surface area contributed by atoms with Crippen LogP contribution in [-0.2, 0) is 16.4 Å². The predicted molar refractivity (Wildman–Crippen MR) is 101 cm³/mol. The Kier molecular flexibility index (Phi) is 5.88. The fourth-order valence-corrected chi connectivity index (χ4v) is 3.44. The minimum atomic E-state index is -3.57. The summed E-state index contributed by atoms with van der Waals surface area (Å²) in [5, 5.41) is 0.621. The quantitative estimate of drug-likeness (QED) is 0.663. The molecule has 3 rings (SSSR count). The van der Waals surface area contributed by atoms with Gasteiger partial charge in [-0.05, 0) is 66.6 Å². The first-order chi connectivity index (χ1) is 12.5. The van der Waals surface area contributed by atoms with Gasteiger partial charge in [0.25, 0.3) is 0 Å². The zero-order valence-corrected chi connectivity index (χ0v) is 15.4. The standard InChI is InChI=1S/C19H17ClN2O3S/c20-16-3-5-17(6-4-16)25-18-7-9-19(10-8-18)26(23,24)22-13-11-15-2-1-12-21-14-15/h1-10,12,14,22H,11,13H2. The van der Waals surface area contributed by atoms with E-state index in [4.69, 9.17) is 16.3 Å². The molecule has 0 aliphatic rings. The van der Waals surface area contributed by atoms with E-state index in [2.05, 4.69) is 9.71 Å². The molecule has 5 nitrogen and oxygen atoms in total. The van der Waals surface area contributed by atoms with Crippen molar-refractivity contribution in [2.24, 2.45) is 0 Å².